The van der Waals surface area contributed by atoms with Gasteiger partial charge < -0.3 is 20.0 Å². The summed E-state index contributed by atoms with van der Waals surface area (Å²) in [5.74, 6) is 0.0439. The highest BCUT2D eigenvalue weighted by Gasteiger charge is 2.44. The standard InChI is InChI=1S/C34H42N6O3S.H2/c1-34(2,3)16-22-39-31(42)29(44-32(39)26-10-5-7-12-28(26)40-18-8-17-35-40)23-30(41)37-19-14-25(15-20-37)38-21-13-24-9-4-6-11-27(24)36-33(38)43;/h4-12,17-18,25,29,32H,13-16,19-23H2,1-3H3,(H,36,43);1H. The lowest BCUT2D eigenvalue weighted by molar-refractivity contribution is -0.137. The molecule has 0 bridgehead atoms. The number of fused-ring (bicyclic) bond motifs is 1. The molecule has 0 aliphatic carbocycles. The van der Waals surface area contributed by atoms with Gasteiger partial charge in [-0.3, -0.25) is 9.59 Å². The number of hydrogen-bond acceptors (Lipinski definition) is 5. The van der Waals surface area contributed by atoms with Crippen molar-refractivity contribution in [2.45, 2.75) is 69.5 Å². The minimum absolute atomic E-state index is 0. The minimum Gasteiger partial charge on any atom is -0.342 e. The van der Waals surface area contributed by atoms with Crippen molar-refractivity contribution in [3.63, 3.8) is 0 Å². The van der Waals surface area contributed by atoms with Gasteiger partial charge in [-0.15, -0.1) is 11.8 Å². The predicted octanol–water partition coefficient (Wildman–Crippen LogP) is 5.97. The number of nitrogens with zero attached hydrogens (tertiary/aromatic N) is 5. The zero-order valence-corrected chi connectivity index (χ0v) is 26.6. The lowest BCUT2D eigenvalue weighted by atomic mass is 9.92. The fourth-order valence-electron chi connectivity index (χ4n) is 6.42. The van der Waals surface area contributed by atoms with Crippen molar-refractivity contribution in [2.75, 3.05) is 31.5 Å². The molecule has 2 saturated heterocycles. The van der Waals surface area contributed by atoms with E-state index in [2.05, 4.69) is 43.3 Å². The molecular formula is C34H44N6O3S. The summed E-state index contributed by atoms with van der Waals surface area (Å²) in [7, 11) is 0. The van der Waals surface area contributed by atoms with Gasteiger partial charge >= 0.3 is 6.03 Å². The largest absolute Gasteiger partial charge is 0.342 e. The Morgan fingerprint density at radius 3 is 2.52 bits per heavy atom. The summed E-state index contributed by atoms with van der Waals surface area (Å²) in [6.45, 7) is 9.03. The van der Waals surface area contributed by atoms with Crippen LogP contribution in [0.5, 0.6) is 0 Å². The Hall–Kier alpha value is -3.79. The Bertz CT molecular complexity index is 1500. The first-order valence-electron chi connectivity index (χ1n) is 15.7. The van der Waals surface area contributed by atoms with E-state index in [4.69, 9.17) is 0 Å². The van der Waals surface area contributed by atoms with E-state index in [1.807, 2.05) is 68.0 Å². The molecule has 0 spiro atoms. The van der Waals surface area contributed by atoms with Gasteiger partial charge in [0.2, 0.25) is 11.8 Å². The van der Waals surface area contributed by atoms with Crippen molar-refractivity contribution < 1.29 is 15.8 Å². The molecule has 3 aromatic rings. The molecule has 6 rings (SSSR count). The van der Waals surface area contributed by atoms with Crippen LogP contribution in [0.2, 0.25) is 0 Å². The van der Waals surface area contributed by atoms with Gasteiger partial charge in [-0.2, -0.15) is 5.10 Å². The number of amides is 4. The van der Waals surface area contributed by atoms with E-state index in [1.54, 1.807) is 18.0 Å². The molecule has 4 amide bonds. The zero-order valence-electron chi connectivity index (χ0n) is 25.8. The Labute approximate surface area is 265 Å². The van der Waals surface area contributed by atoms with E-state index >= 15 is 0 Å². The number of urea groups is 1. The summed E-state index contributed by atoms with van der Waals surface area (Å²) in [5.41, 5.74) is 4.07. The van der Waals surface area contributed by atoms with Crippen LogP contribution in [0, 0.1) is 5.41 Å². The van der Waals surface area contributed by atoms with Crippen LogP contribution in [-0.4, -0.2) is 79.8 Å². The normalized spacial score (nSPS) is 21.3. The first kappa shape index (κ1) is 30.2. The molecule has 2 unspecified atom stereocenters. The van der Waals surface area contributed by atoms with E-state index in [1.165, 1.54) is 0 Å². The van der Waals surface area contributed by atoms with Gasteiger partial charge in [-0.25, -0.2) is 9.48 Å². The van der Waals surface area contributed by atoms with E-state index in [0.29, 0.717) is 26.2 Å². The molecule has 1 aromatic heterocycles. The first-order chi connectivity index (χ1) is 21.2. The topological polar surface area (TPSA) is 90.8 Å². The average Bonchev–Trinajstić information content (AvgIpc) is 3.61. The number of likely N-dealkylation sites (tertiary alicyclic amines) is 1. The quantitative estimate of drug-likeness (QED) is 0.353. The molecule has 3 aliphatic rings. The second-order valence-corrected chi connectivity index (χ2v) is 14.5. The molecule has 3 aliphatic heterocycles. The minimum atomic E-state index is -0.439. The Morgan fingerprint density at radius 2 is 1.77 bits per heavy atom. The van der Waals surface area contributed by atoms with E-state index in [0.717, 1.165) is 48.2 Å². The number of carbonyl (C=O) groups is 3. The third kappa shape index (κ3) is 6.50. The summed E-state index contributed by atoms with van der Waals surface area (Å²) in [4.78, 5) is 46.3. The SMILES string of the molecule is CC(C)(C)CCN1C(=O)C(CC(=O)N2CCC(N3CCc4ccccc4NC3=O)CC2)SC1c1ccccc1-n1cccn1.[HH]. The number of aromatic nitrogens is 2. The molecule has 4 heterocycles. The Morgan fingerprint density at radius 1 is 1.02 bits per heavy atom. The van der Waals surface area contributed by atoms with Gasteiger partial charge in [0.15, 0.2) is 0 Å². The fourth-order valence-corrected chi connectivity index (χ4v) is 7.92. The molecule has 1 N–H and O–H groups in total. The lowest BCUT2D eigenvalue weighted by Crippen LogP contribution is -2.50. The number of benzene rings is 2. The van der Waals surface area contributed by atoms with Crippen molar-refractivity contribution in [2.24, 2.45) is 5.41 Å². The number of para-hydroxylation sites is 2. The van der Waals surface area contributed by atoms with Crippen LogP contribution < -0.4 is 5.32 Å². The van der Waals surface area contributed by atoms with E-state index < -0.39 is 5.25 Å². The lowest BCUT2D eigenvalue weighted by Gasteiger charge is -2.38. The van der Waals surface area contributed by atoms with Crippen LogP contribution in [0.25, 0.3) is 5.69 Å². The number of rotatable bonds is 7. The van der Waals surface area contributed by atoms with E-state index in [-0.39, 0.29) is 42.5 Å². The number of hydrogen-bond donors (Lipinski definition) is 1. The summed E-state index contributed by atoms with van der Waals surface area (Å²) in [6.07, 6.45) is 6.99. The second kappa shape index (κ2) is 12.7. The molecule has 234 valence electrons. The fraction of sp³-hybridized carbons (Fsp3) is 0.471. The number of piperidine rings is 1. The molecule has 9 nitrogen and oxygen atoms in total. The van der Waals surface area contributed by atoms with Crippen molar-refractivity contribution in [1.29, 1.82) is 0 Å². The smallest absolute Gasteiger partial charge is 0.322 e. The van der Waals surface area contributed by atoms with Crippen LogP contribution in [-0.2, 0) is 16.0 Å². The summed E-state index contributed by atoms with van der Waals surface area (Å²) >= 11 is 1.58. The van der Waals surface area contributed by atoms with Crippen LogP contribution in [0.15, 0.2) is 67.0 Å². The highest BCUT2D eigenvalue weighted by molar-refractivity contribution is 8.01. The number of thioether (sulfide) groups is 1. The molecule has 2 aromatic carbocycles. The highest BCUT2D eigenvalue weighted by atomic mass is 32.2. The van der Waals surface area contributed by atoms with Crippen LogP contribution in [0.3, 0.4) is 0 Å². The van der Waals surface area contributed by atoms with Crippen molar-refractivity contribution in [1.82, 2.24) is 24.5 Å². The number of anilines is 1. The van der Waals surface area contributed by atoms with Gasteiger partial charge in [0, 0.05) is 63.7 Å². The summed E-state index contributed by atoms with van der Waals surface area (Å²) in [6, 6.07) is 18.0. The zero-order chi connectivity index (χ0) is 30.8. The molecule has 0 saturated carbocycles. The molecular weight excluding hydrogens is 572 g/mol. The Balaban J connectivity index is 0.00000400. The molecule has 10 heteroatoms. The number of carbonyl (C=O) groups excluding carboxylic acids is 3. The molecule has 2 atom stereocenters. The second-order valence-electron chi connectivity index (χ2n) is 13.2. The highest BCUT2D eigenvalue weighted by Crippen LogP contribution is 2.46. The molecule has 0 radical (unpaired) electrons. The van der Waals surface area contributed by atoms with Crippen molar-refractivity contribution in [3.05, 3.63) is 78.1 Å². The maximum atomic E-state index is 13.9. The van der Waals surface area contributed by atoms with Gasteiger partial charge in [-0.05, 0) is 54.9 Å². The summed E-state index contributed by atoms with van der Waals surface area (Å²) < 4.78 is 1.84. The third-order valence-electron chi connectivity index (χ3n) is 8.95. The first-order valence-corrected chi connectivity index (χ1v) is 16.6. The van der Waals surface area contributed by atoms with Crippen LogP contribution >= 0.6 is 11.8 Å². The molecule has 44 heavy (non-hydrogen) atoms. The summed E-state index contributed by atoms with van der Waals surface area (Å²) in [5, 5.41) is 6.88. The predicted molar refractivity (Wildman–Crippen MR) is 176 cm³/mol. The van der Waals surface area contributed by atoms with Crippen molar-refractivity contribution in [3.8, 4) is 5.69 Å². The Kier molecular flexibility index (Phi) is 8.71. The monoisotopic (exact) mass is 616 g/mol. The third-order valence-corrected chi connectivity index (χ3v) is 10.4. The maximum absolute atomic E-state index is 13.9. The number of nitrogens with one attached hydrogen (secondary N) is 1. The van der Waals surface area contributed by atoms with E-state index in [9.17, 15) is 14.4 Å². The van der Waals surface area contributed by atoms with Crippen LogP contribution in [0.4, 0.5) is 10.5 Å². The van der Waals surface area contributed by atoms with Crippen LogP contribution in [0.1, 0.15) is 64.4 Å². The van der Waals surface area contributed by atoms with Gasteiger partial charge in [0.05, 0.1) is 10.9 Å². The molecule has 2 fully saturated rings. The average molecular weight is 617 g/mol. The van der Waals surface area contributed by atoms with Crippen molar-refractivity contribution >= 4 is 35.3 Å². The van der Waals surface area contributed by atoms with Gasteiger partial charge in [0.25, 0.3) is 0 Å². The van der Waals surface area contributed by atoms with Gasteiger partial charge in [0.1, 0.15) is 5.37 Å². The maximum Gasteiger partial charge on any atom is 0.322 e. The van der Waals surface area contributed by atoms with Gasteiger partial charge in [-0.1, -0.05) is 57.2 Å².